The number of carbonyl (C=O) groups is 1. The number of hydrogen-bond donors (Lipinski definition) is 2. The van der Waals surface area contributed by atoms with Crippen LogP contribution in [-0.4, -0.2) is 46.8 Å². The van der Waals surface area contributed by atoms with Gasteiger partial charge in [0, 0.05) is 6.61 Å². The van der Waals surface area contributed by atoms with E-state index in [0.29, 0.717) is 5.92 Å². The van der Waals surface area contributed by atoms with Crippen molar-refractivity contribution in [1.29, 1.82) is 0 Å². The zero-order valence-corrected chi connectivity index (χ0v) is 9.52. The second-order valence-electron chi connectivity index (χ2n) is 4.69. The predicted octanol–water partition coefficient (Wildman–Crippen LogP) is 0.800. The van der Waals surface area contributed by atoms with Crippen LogP contribution in [0.15, 0.2) is 0 Å². The van der Waals surface area contributed by atoms with Gasteiger partial charge in [0.05, 0.1) is 0 Å². The standard InChI is InChI=1S/C11H21NO3/c1-8(2)10(11(14)15)12-5-3-9(7-13)4-6-12/h8-10,13H,3-7H2,1-2H3,(H,14,15). The van der Waals surface area contributed by atoms with Gasteiger partial charge < -0.3 is 10.2 Å². The molecule has 0 radical (unpaired) electrons. The molecule has 1 atom stereocenters. The van der Waals surface area contributed by atoms with E-state index in [2.05, 4.69) is 0 Å². The van der Waals surface area contributed by atoms with Crippen LogP contribution in [0.2, 0.25) is 0 Å². The van der Waals surface area contributed by atoms with Gasteiger partial charge in [0.15, 0.2) is 0 Å². The molecule has 4 nitrogen and oxygen atoms in total. The first-order valence-electron chi connectivity index (χ1n) is 5.64. The van der Waals surface area contributed by atoms with Gasteiger partial charge in [0.1, 0.15) is 6.04 Å². The predicted molar refractivity (Wildman–Crippen MR) is 57.6 cm³/mol. The lowest BCUT2D eigenvalue weighted by atomic mass is 9.94. The fourth-order valence-electron chi connectivity index (χ4n) is 2.28. The average Bonchev–Trinajstić information content (AvgIpc) is 2.18. The Labute approximate surface area is 90.9 Å². The van der Waals surface area contributed by atoms with E-state index in [1.54, 1.807) is 0 Å². The highest BCUT2D eigenvalue weighted by molar-refractivity contribution is 5.73. The molecule has 0 amide bonds. The summed E-state index contributed by atoms with van der Waals surface area (Å²) in [5.74, 6) is -0.233. The Balaban J connectivity index is 2.53. The van der Waals surface area contributed by atoms with Crippen molar-refractivity contribution in [2.45, 2.75) is 32.7 Å². The first kappa shape index (κ1) is 12.5. The molecule has 0 saturated carbocycles. The Morgan fingerprint density at radius 3 is 2.27 bits per heavy atom. The molecule has 1 saturated heterocycles. The summed E-state index contributed by atoms with van der Waals surface area (Å²) in [6, 6.07) is -0.371. The number of nitrogens with zero attached hydrogens (tertiary/aromatic N) is 1. The molecule has 1 heterocycles. The van der Waals surface area contributed by atoms with Gasteiger partial charge in [0.2, 0.25) is 0 Å². The minimum Gasteiger partial charge on any atom is -0.480 e. The third-order valence-corrected chi connectivity index (χ3v) is 3.19. The van der Waals surface area contributed by atoms with Crippen molar-refractivity contribution in [3.8, 4) is 0 Å². The van der Waals surface area contributed by atoms with Crippen LogP contribution < -0.4 is 0 Å². The highest BCUT2D eigenvalue weighted by Gasteiger charge is 2.31. The van der Waals surface area contributed by atoms with Crippen molar-refractivity contribution in [3.63, 3.8) is 0 Å². The maximum absolute atomic E-state index is 11.1. The molecule has 0 aliphatic carbocycles. The van der Waals surface area contributed by atoms with Crippen LogP contribution in [0.5, 0.6) is 0 Å². The number of rotatable bonds is 4. The van der Waals surface area contributed by atoms with Crippen LogP contribution in [-0.2, 0) is 4.79 Å². The van der Waals surface area contributed by atoms with E-state index < -0.39 is 5.97 Å². The third kappa shape index (κ3) is 3.18. The lowest BCUT2D eigenvalue weighted by Crippen LogP contribution is -2.48. The summed E-state index contributed by atoms with van der Waals surface area (Å²) in [4.78, 5) is 13.1. The van der Waals surface area contributed by atoms with Crippen molar-refractivity contribution in [2.75, 3.05) is 19.7 Å². The molecule has 1 rings (SSSR count). The summed E-state index contributed by atoms with van der Waals surface area (Å²) >= 11 is 0. The van der Waals surface area contributed by atoms with Gasteiger partial charge >= 0.3 is 5.97 Å². The number of likely N-dealkylation sites (tertiary alicyclic amines) is 1. The van der Waals surface area contributed by atoms with Gasteiger partial charge in [0.25, 0.3) is 0 Å². The number of aliphatic carboxylic acids is 1. The minimum atomic E-state index is -0.729. The van der Waals surface area contributed by atoms with Gasteiger partial charge in [-0.3, -0.25) is 9.69 Å². The van der Waals surface area contributed by atoms with Gasteiger partial charge in [-0.2, -0.15) is 0 Å². The highest BCUT2D eigenvalue weighted by Crippen LogP contribution is 2.21. The van der Waals surface area contributed by atoms with Crippen LogP contribution in [0, 0.1) is 11.8 Å². The van der Waals surface area contributed by atoms with Crippen LogP contribution >= 0.6 is 0 Å². The zero-order valence-electron chi connectivity index (χ0n) is 9.52. The van der Waals surface area contributed by atoms with Gasteiger partial charge in [-0.15, -0.1) is 0 Å². The number of hydrogen-bond acceptors (Lipinski definition) is 3. The van der Waals surface area contributed by atoms with E-state index in [1.807, 2.05) is 18.7 Å². The molecule has 4 heteroatoms. The van der Waals surface area contributed by atoms with Crippen molar-refractivity contribution >= 4 is 5.97 Å². The molecule has 2 N–H and O–H groups in total. The Morgan fingerprint density at radius 1 is 1.40 bits per heavy atom. The Hall–Kier alpha value is -0.610. The summed E-state index contributed by atoms with van der Waals surface area (Å²) in [7, 11) is 0. The SMILES string of the molecule is CC(C)C(C(=O)O)N1CCC(CO)CC1. The number of carboxylic acids is 1. The second kappa shape index (κ2) is 5.47. The summed E-state index contributed by atoms with van der Waals surface area (Å²) in [6.45, 7) is 5.70. The van der Waals surface area contributed by atoms with Crippen LogP contribution in [0.4, 0.5) is 0 Å². The van der Waals surface area contributed by atoms with E-state index in [1.165, 1.54) is 0 Å². The first-order valence-corrected chi connectivity index (χ1v) is 5.64. The normalized spacial score (nSPS) is 21.9. The molecule has 0 aromatic heterocycles. The molecular weight excluding hydrogens is 194 g/mol. The molecule has 1 aliphatic rings. The monoisotopic (exact) mass is 215 g/mol. The fourth-order valence-corrected chi connectivity index (χ4v) is 2.28. The Bertz CT molecular complexity index is 210. The number of aliphatic hydroxyl groups excluding tert-OH is 1. The maximum atomic E-state index is 11.1. The molecule has 1 unspecified atom stereocenters. The lowest BCUT2D eigenvalue weighted by Gasteiger charge is -2.36. The quantitative estimate of drug-likeness (QED) is 0.728. The van der Waals surface area contributed by atoms with Gasteiger partial charge in [-0.1, -0.05) is 13.8 Å². The van der Waals surface area contributed by atoms with E-state index >= 15 is 0 Å². The van der Waals surface area contributed by atoms with E-state index in [-0.39, 0.29) is 18.6 Å². The van der Waals surface area contributed by atoms with Gasteiger partial charge in [-0.25, -0.2) is 0 Å². The summed E-state index contributed by atoms with van der Waals surface area (Å²) < 4.78 is 0. The zero-order chi connectivity index (χ0) is 11.4. The summed E-state index contributed by atoms with van der Waals surface area (Å²) in [5, 5.41) is 18.1. The highest BCUT2D eigenvalue weighted by atomic mass is 16.4. The van der Waals surface area contributed by atoms with Crippen LogP contribution in [0.25, 0.3) is 0 Å². The smallest absolute Gasteiger partial charge is 0.321 e. The molecule has 1 fully saturated rings. The second-order valence-corrected chi connectivity index (χ2v) is 4.69. The maximum Gasteiger partial charge on any atom is 0.321 e. The lowest BCUT2D eigenvalue weighted by molar-refractivity contribution is -0.145. The number of piperidine rings is 1. The molecule has 0 aromatic carbocycles. The van der Waals surface area contributed by atoms with E-state index in [4.69, 9.17) is 10.2 Å². The molecule has 0 aromatic rings. The van der Waals surface area contributed by atoms with Crippen molar-refractivity contribution in [3.05, 3.63) is 0 Å². The van der Waals surface area contributed by atoms with Crippen LogP contribution in [0.3, 0.4) is 0 Å². The average molecular weight is 215 g/mol. The van der Waals surface area contributed by atoms with Gasteiger partial charge in [-0.05, 0) is 37.8 Å². The minimum absolute atomic E-state index is 0.133. The van der Waals surface area contributed by atoms with Crippen molar-refractivity contribution in [2.24, 2.45) is 11.8 Å². The number of aliphatic hydroxyl groups is 1. The summed E-state index contributed by atoms with van der Waals surface area (Å²) in [5.41, 5.74) is 0. The number of carboxylic acid groups (broad SMARTS) is 1. The first-order chi connectivity index (χ1) is 7.06. The Kier molecular flexibility index (Phi) is 4.54. The topological polar surface area (TPSA) is 60.8 Å². The fraction of sp³-hybridized carbons (Fsp3) is 0.909. The van der Waals surface area contributed by atoms with Crippen molar-refractivity contribution < 1.29 is 15.0 Å². The third-order valence-electron chi connectivity index (χ3n) is 3.19. The largest absolute Gasteiger partial charge is 0.480 e. The molecule has 1 aliphatic heterocycles. The van der Waals surface area contributed by atoms with Crippen molar-refractivity contribution in [1.82, 2.24) is 4.90 Å². The molecular formula is C11H21NO3. The van der Waals surface area contributed by atoms with E-state index in [0.717, 1.165) is 25.9 Å². The van der Waals surface area contributed by atoms with E-state index in [9.17, 15) is 4.79 Å². The molecule has 15 heavy (non-hydrogen) atoms. The summed E-state index contributed by atoms with van der Waals surface area (Å²) in [6.07, 6.45) is 1.82. The van der Waals surface area contributed by atoms with Crippen LogP contribution in [0.1, 0.15) is 26.7 Å². The molecule has 0 bridgehead atoms. The molecule has 0 spiro atoms. The molecule has 88 valence electrons. The Morgan fingerprint density at radius 2 is 1.93 bits per heavy atom.